The molecule has 0 aromatic carbocycles. The van der Waals surface area contributed by atoms with E-state index in [1.807, 2.05) is 16.8 Å². The second-order valence-electron chi connectivity index (χ2n) is 8.22. The molecule has 0 atom stereocenters. The third-order valence-corrected chi connectivity index (χ3v) is 6.73. The zero-order chi connectivity index (χ0) is 23.7. The summed E-state index contributed by atoms with van der Waals surface area (Å²) in [6, 6.07) is 7.61. The highest BCUT2D eigenvalue weighted by Crippen LogP contribution is 2.35. The fraction of sp³-hybridized carbons (Fsp3) is 0.292. The van der Waals surface area contributed by atoms with Crippen LogP contribution in [0.1, 0.15) is 29.1 Å². The summed E-state index contributed by atoms with van der Waals surface area (Å²) >= 11 is 1.46. The van der Waals surface area contributed by atoms with E-state index >= 15 is 0 Å². The van der Waals surface area contributed by atoms with Crippen molar-refractivity contribution >= 4 is 34.0 Å². The molecule has 0 bridgehead atoms. The van der Waals surface area contributed by atoms with Gasteiger partial charge in [0.2, 0.25) is 0 Å². The molecule has 6 nitrogen and oxygen atoms in total. The molecule has 1 amide bonds. The lowest BCUT2D eigenvalue weighted by atomic mass is 9.96. The molecule has 1 N–H and O–H groups in total. The van der Waals surface area contributed by atoms with Crippen LogP contribution in [0.2, 0.25) is 0 Å². The molecule has 1 saturated heterocycles. The third kappa shape index (κ3) is 4.50. The molecule has 0 saturated carbocycles. The van der Waals surface area contributed by atoms with Crippen molar-refractivity contribution in [3.8, 4) is 11.1 Å². The van der Waals surface area contributed by atoms with Gasteiger partial charge < -0.3 is 14.6 Å². The molecule has 0 aliphatic carbocycles. The van der Waals surface area contributed by atoms with Crippen molar-refractivity contribution in [3.63, 3.8) is 0 Å². The minimum absolute atomic E-state index is 0.111. The number of likely N-dealkylation sites (tertiary alicyclic amines) is 1. The Morgan fingerprint density at radius 2 is 2.03 bits per heavy atom. The first-order chi connectivity index (χ1) is 16.4. The number of pyridine rings is 2. The van der Waals surface area contributed by atoms with Crippen molar-refractivity contribution in [3.05, 3.63) is 65.0 Å². The first kappa shape index (κ1) is 22.4. The average Bonchev–Trinajstić information content (AvgIpc) is 3.56. The fourth-order valence-electron chi connectivity index (χ4n) is 4.18. The number of nitrogens with zero attached hydrogens (tertiary/aromatic N) is 3. The Kier molecular flexibility index (Phi) is 5.99. The van der Waals surface area contributed by atoms with Crippen molar-refractivity contribution in [2.24, 2.45) is 5.92 Å². The van der Waals surface area contributed by atoms with Gasteiger partial charge in [0, 0.05) is 36.8 Å². The summed E-state index contributed by atoms with van der Waals surface area (Å²) in [7, 11) is 0. The highest BCUT2D eigenvalue weighted by Gasteiger charge is 2.33. The number of aromatic nitrogens is 2. The standard InChI is InChI=1S/C24H21F3N4O2S/c25-24(26,27)20-4-3-17-21(30-20)18(16-7-11-34-14-16)13-29-22(17)28-12-15-5-8-31(9-6-15)23(32)19-2-1-10-33-19/h1-4,7,10-11,13-15H,5-6,8-9,12H2,(H,28,29). The van der Waals surface area contributed by atoms with E-state index in [-0.39, 0.29) is 11.4 Å². The van der Waals surface area contributed by atoms with Crippen molar-refractivity contribution in [1.29, 1.82) is 0 Å². The minimum Gasteiger partial charge on any atom is -0.459 e. The summed E-state index contributed by atoms with van der Waals surface area (Å²) < 4.78 is 45.2. The first-order valence-corrected chi connectivity index (χ1v) is 11.8. The van der Waals surface area contributed by atoms with Crippen LogP contribution in [-0.4, -0.2) is 40.4 Å². The Morgan fingerprint density at radius 1 is 1.21 bits per heavy atom. The smallest absolute Gasteiger partial charge is 0.433 e. The van der Waals surface area contributed by atoms with Crippen molar-refractivity contribution in [1.82, 2.24) is 14.9 Å². The highest BCUT2D eigenvalue weighted by molar-refractivity contribution is 7.08. The summed E-state index contributed by atoms with van der Waals surface area (Å²) in [5.74, 6) is 1.03. The molecular weight excluding hydrogens is 465 g/mol. The van der Waals surface area contributed by atoms with Crippen LogP contribution in [0.3, 0.4) is 0 Å². The first-order valence-electron chi connectivity index (χ1n) is 10.9. The predicted molar refractivity (Wildman–Crippen MR) is 124 cm³/mol. The van der Waals surface area contributed by atoms with Gasteiger partial charge in [0.05, 0.1) is 11.8 Å². The number of carbonyl (C=O) groups excluding carboxylic acids is 1. The molecule has 1 aliphatic heterocycles. The van der Waals surface area contributed by atoms with Crippen LogP contribution in [-0.2, 0) is 6.18 Å². The average molecular weight is 487 g/mol. The van der Waals surface area contributed by atoms with E-state index in [2.05, 4.69) is 15.3 Å². The van der Waals surface area contributed by atoms with Gasteiger partial charge in [-0.1, -0.05) is 0 Å². The third-order valence-electron chi connectivity index (χ3n) is 6.04. The molecule has 1 aliphatic rings. The van der Waals surface area contributed by atoms with E-state index in [1.165, 1.54) is 23.7 Å². The molecule has 1 fully saturated rings. The second-order valence-corrected chi connectivity index (χ2v) is 9.00. The number of furan rings is 1. The number of thiophene rings is 1. The minimum atomic E-state index is -4.53. The van der Waals surface area contributed by atoms with Crippen LogP contribution in [0.4, 0.5) is 19.0 Å². The van der Waals surface area contributed by atoms with E-state index in [4.69, 9.17) is 4.42 Å². The van der Waals surface area contributed by atoms with E-state index < -0.39 is 11.9 Å². The van der Waals surface area contributed by atoms with Gasteiger partial charge in [-0.2, -0.15) is 24.5 Å². The highest BCUT2D eigenvalue weighted by atomic mass is 32.1. The number of piperidine rings is 1. The summed E-state index contributed by atoms with van der Waals surface area (Å²) in [5.41, 5.74) is 0.693. The second kappa shape index (κ2) is 9.09. The van der Waals surface area contributed by atoms with Gasteiger partial charge >= 0.3 is 6.18 Å². The van der Waals surface area contributed by atoms with Crippen molar-refractivity contribution in [2.75, 3.05) is 25.0 Å². The number of alkyl halides is 3. The Balaban J connectivity index is 1.32. The van der Waals surface area contributed by atoms with Crippen LogP contribution in [0, 0.1) is 5.92 Å². The maximum Gasteiger partial charge on any atom is 0.433 e. The van der Waals surface area contributed by atoms with Crippen LogP contribution in [0.15, 0.2) is 58.0 Å². The Bertz CT molecular complexity index is 1280. The van der Waals surface area contributed by atoms with Crippen LogP contribution >= 0.6 is 11.3 Å². The number of rotatable bonds is 5. The molecular formula is C24H21F3N4O2S. The summed E-state index contributed by atoms with van der Waals surface area (Å²) in [5, 5.41) is 7.58. The van der Waals surface area contributed by atoms with Crippen LogP contribution in [0.5, 0.6) is 0 Å². The quantitative estimate of drug-likeness (QED) is 0.378. The van der Waals surface area contributed by atoms with Crippen molar-refractivity contribution in [2.45, 2.75) is 19.0 Å². The van der Waals surface area contributed by atoms with Crippen molar-refractivity contribution < 1.29 is 22.4 Å². The van der Waals surface area contributed by atoms with Gasteiger partial charge in [-0.3, -0.25) is 4.79 Å². The molecule has 4 aromatic heterocycles. The normalized spacial score (nSPS) is 15.1. The number of nitrogens with one attached hydrogen (secondary N) is 1. The SMILES string of the molecule is O=C(c1ccco1)N1CCC(CNc2ncc(-c3ccsc3)c3nc(C(F)(F)F)ccc23)CC1. The lowest BCUT2D eigenvalue weighted by Gasteiger charge is -2.31. The lowest BCUT2D eigenvalue weighted by Crippen LogP contribution is -2.39. The Morgan fingerprint density at radius 3 is 2.71 bits per heavy atom. The van der Waals surface area contributed by atoms with E-state index in [0.717, 1.165) is 24.5 Å². The number of fused-ring (bicyclic) bond motifs is 1. The molecule has 0 spiro atoms. The number of carbonyl (C=O) groups is 1. The number of hydrogen-bond donors (Lipinski definition) is 1. The van der Waals surface area contributed by atoms with E-state index in [9.17, 15) is 18.0 Å². The molecule has 5 rings (SSSR count). The zero-order valence-electron chi connectivity index (χ0n) is 18.0. The number of halogens is 3. The summed E-state index contributed by atoms with van der Waals surface area (Å²) in [6.45, 7) is 1.84. The van der Waals surface area contributed by atoms with Gasteiger partial charge in [0.1, 0.15) is 11.5 Å². The number of hydrogen-bond acceptors (Lipinski definition) is 6. The number of anilines is 1. The molecule has 5 heterocycles. The molecule has 0 radical (unpaired) electrons. The fourth-order valence-corrected chi connectivity index (χ4v) is 4.84. The lowest BCUT2D eigenvalue weighted by molar-refractivity contribution is -0.140. The maximum absolute atomic E-state index is 13.3. The molecule has 10 heteroatoms. The van der Waals surface area contributed by atoms with Gasteiger partial charge in [-0.25, -0.2) is 9.97 Å². The van der Waals surface area contributed by atoms with E-state index in [1.54, 1.807) is 23.2 Å². The topological polar surface area (TPSA) is 71.3 Å². The van der Waals surface area contributed by atoms with Gasteiger partial charge in [0.25, 0.3) is 5.91 Å². The largest absolute Gasteiger partial charge is 0.459 e. The summed E-state index contributed by atoms with van der Waals surface area (Å²) in [6.07, 6.45) is 0.140. The molecule has 176 valence electrons. The van der Waals surface area contributed by atoms with E-state index in [0.29, 0.717) is 48.1 Å². The predicted octanol–water partition coefficient (Wildman–Crippen LogP) is 5.93. The Labute approximate surface area is 197 Å². The molecule has 4 aromatic rings. The number of amides is 1. The van der Waals surface area contributed by atoms with Gasteiger partial charge in [-0.05, 0) is 65.4 Å². The molecule has 34 heavy (non-hydrogen) atoms. The maximum atomic E-state index is 13.3. The van der Waals surface area contributed by atoms with Gasteiger partial charge in [-0.15, -0.1) is 0 Å². The Hall–Kier alpha value is -3.40. The van der Waals surface area contributed by atoms with Crippen LogP contribution < -0.4 is 5.32 Å². The van der Waals surface area contributed by atoms with Crippen LogP contribution in [0.25, 0.3) is 22.0 Å². The molecule has 0 unspecified atom stereocenters. The van der Waals surface area contributed by atoms with Gasteiger partial charge in [0.15, 0.2) is 5.76 Å². The zero-order valence-corrected chi connectivity index (χ0v) is 18.8. The monoisotopic (exact) mass is 486 g/mol. The summed E-state index contributed by atoms with van der Waals surface area (Å²) in [4.78, 5) is 22.7.